The summed E-state index contributed by atoms with van der Waals surface area (Å²) in [6.45, 7) is 8.29. The lowest BCUT2D eigenvalue weighted by molar-refractivity contribution is -0.00152. The average molecular weight is 448 g/mol. The Balaban J connectivity index is 1.39. The molecule has 0 radical (unpaired) electrons. The minimum Gasteiger partial charge on any atom is -0.494 e. The van der Waals surface area contributed by atoms with E-state index in [9.17, 15) is 9.90 Å². The predicted molar refractivity (Wildman–Crippen MR) is 122 cm³/mol. The Morgan fingerprint density at radius 2 is 1.97 bits per heavy atom. The SMILES string of the molecule is CC(C)(C)OC(=O)N1CCC(c2ccc(OCCCOCc3ccsc3)cc2)C(O)C1. The number of thiophene rings is 1. The van der Waals surface area contributed by atoms with Crippen molar-refractivity contribution >= 4 is 17.4 Å². The molecule has 1 aliphatic heterocycles. The van der Waals surface area contributed by atoms with E-state index < -0.39 is 11.7 Å². The molecule has 1 aromatic heterocycles. The maximum Gasteiger partial charge on any atom is 0.410 e. The van der Waals surface area contributed by atoms with E-state index in [1.54, 1.807) is 16.2 Å². The number of likely N-dealkylation sites (tertiary alicyclic amines) is 1. The minimum absolute atomic E-state index is 0.00163. The number of aliphatic hydroxyl groups excluding tert-OH is 1. The van der Waals surface area contributed by atoms with Crippen molar-refractivity contribution in [2.24, 2.45) is 0 Å². The normalized spacial score (nSPS) is 19.3. The van der Waals surface area contributed by atoms with E-state index in [1.165, 1.54) is 5.56 Å². The summed E-state index contributed by atoms with van der Waals surface area (Å²) in [5, 5.41) is 14.8. The summed E-state index contributed by atoms with van der Waals surface area (Å²) in [4.78, 5) is 13.8. The second-order valence-electron chi connectivity index (χ2n) is 8.84. The lowest BCUT2D eigenvalue weighted by Crippen LogP contribution is -2.47. The molecule has 3 rings (SSSR count). The Bertz CT molecular complexity index is 800. The molecular formula is C24H33NO5S. The second kappa shape index (κ2) is 11.0. The molecule has 1 fully saturated rings. The van der Waals surface area contributed by atoms with Gasteiger partial charge in [-0.05, 0) is 67.3 Å². The summed E-state index contributed by atoms with van der Waals surface area (Å²) < 4.78 is 16.9. The summed E-state index contributed by atoms with van der Waals surface area (Å²) in [5.74, 6) is 0.806. The number of nitrogens with zero attached hydrogens (tertiary/aromatic N) is 1. The highest BCUT2D eigenvalue weighted by Crippen LogP contribution is 2.30. The van der Waals surface area contributed by atoms with Crippen LogP contribution in [-0.4, -0.2) is 54.1 Å². The van der Waals surface area contributed by atoms with Gasteiger partial charge in [-0.15, -0.1) is 0 Å². The third kappa shape index (κ3) is 7.52. The summed E-state index contributed by atoms with van der Waals surface area (Å²) in [6.07, 6.45) is 0.539. The molecule has 7 heteroatoms. The van der Waals surface area contributed by atoms with Gasteiger partial charge in [-0.1, -0.05) is 12.1 Å². The van der Waals surface area contributed by atoms with Crippen molar-refractivity contribution in [3.8, 4) is 5.75 Å². The monoisotopic (exact) mass is 447 g/mol. The molecule has 0 saturated carbocycles. The van der Waals surface area contributed by atoms with Crippen LogP contribution >= 0.6 is 11.3 Å². The Hall–Kier alpha value is -2.09. The van der Waals surface area contributed by atoms with E-state index in [0.717, 1.165) is 17.7 Å². The number of piperidine rings is 1. The van der Waals surface area contributed by atoms with Crippen molar-refractivity contribution in [2.45, 2.75) is 57.8 Å². The highest BCUT2D eigenvalue weighted by atomic mass is 32.1. The molecule has 1 N–H and O–H groups in total. The molecule has 0 bridgehead atoms. The number of carbonyl (C=O) groups excluding carboxylic acids is 1. The highest BCUT2D eigenvalue weighted by Gasteiger charge is 2.33. The Kier molecular flexibility index (Phi) is 8.35. The molecular weight excluding hydrogens is 414 g/mol. The zero-order chi connectivity index (χ0) is 22.3. The molecule has 1 aromatic carbocycles. The lowest BCUT2D eigenvalue weighted by atomic mass is 9.87. The van der Waals surface area contributed by atoms with Gasteiger partial charge in [0, 0.05) is 18.9 Å². The third-order valence-corrected chi connectivity index (χ3v) is 5.82. The van der Waals surface area contributed by atoms with Gasteiger partial charge in [0.05, 0.1) is 32.5 Å². The molecule has 1 aliphatic rings. The fourth-order valence-corrected chi connectivity index (χ4v) is 4.19. The quantitative estimate of drug-likeness (QED) is 0.588. The molecule has 2 atom stereocenters. The fourth-order valence-electron chi connectivity index (χ4n) is 3.54. The van der Waals surface area contributed by atoms with Crippen LogP contribution in [0.4, 0.5) is 4.79 Å². The van der Waals surface area contributed by atoms with Gasteiger partial charge in [-0.3, -0.25) is 0 Å². The number of hydrogen-bond donors (Lipinski definition) is 1. The van der Waals surface area contributed by atoms with Crippen molar-refractivity contribution in [3.05, 3.63) is 52.2 Å². The number of benzene rings is 1. The van der Waals surface area contributed by atoms with Gasteiger partial charge in [-0.2, -0.15) is 11.3 Å². The number of β-amino-alcohol motifs (C(OH)–C–C–N with tert-alkyl or cyclic N) is 1. The first-order valence-corrected chi connectivity index (χ1v) is 11.7. The second-order valence-corrected chi connectivity index (χ2v) is 9.62. The van der Waals surface area contributed by atoms with E-state index in [-0.39, 0.29) is 18.6 Å². The van der Waals surface area contributed by atoms with Gasteiger partial charge < -0.3 is 24.2 Å². The van der Waals surface area contributed by atoms with Crippen LogP contribution in [0.1, 0.15) is 50.7 Å². The molecule has 170 valence electrons. The standard InChI is InChI=1S/C24H33NO5S/c1-24(2,3)30-23(27)25-11-9-21(22(26)15-25)19-5-7-20(8-6-19)29-13-4-12-28-16-18-10-14-31-17-18/h5-8,10,14,17,21-22,26H,4,9,11-13,15-16H2,1-3H3. The average Bonchev–Trinajstić information content (AvgIpc) is 3.23. The maximum atomic E-state index is 12.2. The van der Waals surface area contributed by atoms with Crippen LogP contribution in [0.15, 0.2) is 41.1 Å². The first-order chi connectivity index (χ1) is 14.8. The maximum absolute atomic E-state index is 12.2. The molecule has 0 spiro atoms. The van der Waals surface area contributed by atoms with Crippen molar-refractivity contribution in [3.63, 3.8) is 0 Å². The predicted octanol–water partition coefficient (Wildman–Crippen LogP) is 4.82. The van der Waals surface area contributed by atoms with Crippen LogP contribution in [0.5, 0.6) is 5.75 Å². The Morgan fingerprint density at radius 3 is 2.61 bits per heavy atom. The van der Waals surface area contributed by atoms with Crippen LogP contribution < -0.4 is 4.74 Å². The van der Waals surface area contributed by atoms with E-state index >= 15 is 0 Å². The minimum atomic E-state index is -0.617. The number of hydrogen-bond acceptors (Lipinski definition) is 6. The molecule has 2 unspecified atom stereocenters. The van der Waals surface area contributed by atoms with Gasteiger partial charge in [0.25, 0.3) is 0 Å². The summed E-state index contributed by atoms with van der Waals surface area (Å²) in [6, 6.07) is 9.95. The van der Waals surface area contributed by atoms with Crippen molar-refractivity contribution < 1.29 is 24.1 Å². The Morgan fingerprint density at radius 1 is 1.19 bits per heavy atom. The van der Waals surface area contributed by atoms with Crippen LogP contribution in [0.25, 0.3) is 0 Å². The molecule has 1 amide bonds. The third-order valence-electron chi connectivity index (χ3n) is 5.09. The van der Waals surface area contributed by atoms with E-state index in [0.29, 0.717) is 32.8 Å². The van der Waals surface area contributed by atoms with Gasteiger partial charge in [-0.25, -0.2) is 4.79 Å². The first kappa shape index (κ1) is 23.6. The largest absolute Gasteiger partial charge is 0.494 e. The molecule has 31 heavy (non-hydrogen) atoms. The number of amides is 1. The summed E-state index contributed by atoms with van der Waals surface area (Å²) in [7, 11) is 0. The lowest BCUT2D eigenvalue weighted by Gasteiger charge is -2.36. The zero-order valence-electron chi connectivity index (χ0n) is 18.6. The summed E-state index contributed by atoms with van der Waals surface area (Å²) in [5.41, 5.74) is 1.73. The molecule has 1 saturated heterocycles. The number of ether oxygens (including phenoxy) is 3. The molecule has 0 aliphatic carbocycles. The van der Waals surface area contributed by atoms with Crippen molar-refractivity contribution in [1.29, 1.82) is 0 Å². The number of aliphatic hydroxyl groups is 1. The van der Waals surface area contributed by atoms with E-state index in [4.69, 9.17) is 14.2 Å². The first-order valence-electron chi connectivity index (χ1n) is 10.8. The summed E-state index contributed by atoms with van der Waals surface area (Å²) >= 11 is 1.68. The molecule has 2 heterocycles. The van der Waals surface area contributed by atoms with Crippen LogP contribution in [0.3, 0.4) is 0 Å². The van der Waals surface area contributed by atoms with Crippen LogP contribution in [0.2, 0.25) is 0 Å². The van der Waals surface area contributed by atoms with Crippen molar-refractivity contribution in [2.75, 3.05) is 26.3 Å². The zero-order valence-corrected chi connectivity index (χ0v) is 19.4. The Labute approximate surface area is 188 Å². The van der Waals surface area contributed by atoms with Crippen LogP contribution in [-0.2, 0) is 16.1 Å². The highest BCUT2D eigenvalue weighted by molar-refractivity contribution is 7.07. The molecule has 2 aromatic rings. The van der Waals surface area contributed by atoms with E-state index in [1.807, 2.05) is 45.0 Å². The number of carbonyl (C=O) groups is 1. The topological polar surface area (TPSA) is 68.2 Å². The van der Waals surface area contributed by atoms with Gasteiger partial charge in [0.15, 0.2) is 0 Å². The number of rotatable bonds is 8. The van der Waals surface area contributed by atoms with Gasteiger partial charge >= 0.3 is 6.09 Å². The van der Waals surface area contributed by atoms with Gasteiger partial charge in [0.2, 0.25) is 0 Å². The van der Waals surface area contributed by atoms with Crippen molar-refractivity contribution in [1.82, 2.24) is 4.90 Å². The molecule has 6 nitrogen and oxygen atoms in total. The van der Waals surface area contributed by atoms with E-state index in [2.05, 4.69) is 16.8 Å². The van der Waals surface area contributed by atoms with Crippen LogP contribution in [0, 0.1) is 0 Å². The van der Waals surface area contributed by atoms with Gasteiger partial charge in [0.1, 0.15) is 11.4 Å². The fraction of sp³-hybridized carbons (Fsp3) is 0.542. The smallest absolute Gasteiger partial charge is 0.410 e.